The van der Waals surface area contributed by atoms with Gasteiger partial charge in [-0.1, -0.05) is 48.5 Å². The maximum atomic E-state index is 5.78. The molecule has 5 rings (SSSR count). The lowest BCUT2D eigenvalue weighted by Crippen LogP contribution is -2.09. The summed E-state index contributed by atoms with van der Waals surface area (Å²) in [6.07, 6.45) is 0. The molecule has 0 radical (unpaired) electrons. The second-order valence-corrected chi connectivity index (χ2v) is 5.33. The molecule has 22 heavy (non-hydrogen) atoms. The highest BCUT2D eigenvalue weighted by atomic mass is 16.5. The minimum absolute atomic E-state index is 0.533. The smallest absolute Gasteiger partial charge is 0.122 e. The van der Waals surface area contributed by atoms with E-state index in [4.69, 9.17) is 9.47 Å². The van der Waals surface area contributed by atoms with Crippen LogP contribution >= 0.6 is 0 Å². The first-order chi connectivity index (χ1) is 10.9. The Morgan fingerprint density at radius 1 is 0.500 bits per heavy atom. The van der Waals surface area contributed by atoms with E-state index in [9.17, 15) is 0 Å². The lowest BCUT2D eigenvalue weighted by atomic mass is 10.00. The van der Waals surface area contributed by atoms with E-state index in [-0.39, 0.29) is 0 Å². The van der Waals surface area contributed by atoms with E-state index >= 15 is 0 Å². The van der Waals surface area contributed by atoms with Gasteiger partial charge in [0, 0.05) is 0 Å². The molecular weight excluding hydrogens is 272 g/mol. The molecule has 3 aromatic carbocycles. The van der Waals surface area contributed by atoms with E-state index in [1.807, 2.05) is 24.3 Å². The Kier molecular flexibility index (Phi) is 3.28. The third-order valence-electron chi connectivity index (χ3n) is 3.84. The van der Waals surface area contributed by atoms with Gasteiger partial charge in [-0.3, -0.25) is 0 Å². The van der Waals surface area contributed by atoms with E-state index in [0.29, 0.717) is 13.2 Å². The zero-order chi connectivity index (χ0) is 14.8. The highest BCUT2D eigenvalue weighted by molar-refractivity contribution is 5.71. The average molecular weight is 288 g/mol. The summed E-state index contributed by atoms with van der Waals surface area (Å²) in [6, 6.07) is 24.9. The van der Waals surface area contributed by atoms with E-state index < -0.39 is 0 Å². The molecule has 0 atom stereocenters. The monoisotopic (exact) mass is 288 g/mol. The zero-order valence-electron chi connectivity index (χ0n) is 12.2. The summed E-state index contributed by atoms with van der Waals surface area (Å²) in [4.78, 5) is 0. The van der Waals surface area contributed by atoms with Crippen molar-refractivity contribution in [2.24, 2.45) is 0 Å². The molecule has 2 aliphatic heterocycles. The van der Waals surface area contributed by atoms with Crippen molar-refractivity contribution < 1.29 is 9.47 Å². The summed E-state index contributed by atoms with van der Waals surface area (Å²) in [5.41, 5.74) is 4.71. The van der Waals surface area contributed by atoms with Gasteiger partial charge in [-0.2, -0.15) is 0 Å². The Bertz CT molecular complexity index is 722. The molecule has 0 fully saturated rings. The molecule has 2 heterocycles. The van der Waals surface area contributed by atoms with Crippen LogP contribution in [0.4, 0.5) is 0 Å². The third-order valence-corrected chi connectivity index (χ3v) is 3.84. The van der Waals surface area contributed by atoms with Crippen LogP contribution in [0.2, 0.25) is 0 Å². The molecule has 0 unspecified atom stereocenters. The number of rotatable bonds is 0. The fourth-order valence-electron chi connectivity index (χ4n) is 2.71. The second kappa shape index (κ2) is 5.57. The summed E-state index contributed by atoms with van der Waals surface area (Å²) in [6.45, 7) is 1.07. The van der Waals surface area contributed by atoms with Crippen LogP contribution in [0.1, 0.15) is 0 Å². The maximum Gasteiger partial charge on any atom is 0.122 e. The van der Waals surface area contributed by atoms with Crippen molar-refractivity contribution >= 4 is 0 Å². The summed E-state index contributed by atoms with van der Waals surface area (Å²) in [7, 11) is 0. The molecule has 2 heteroatoms. The Hall–Kier alpha value is -2.74. The summed E-state index contributed by atoms with van der Waals surface area (Å²) >= 11 is 0. The Morgan fingerprint density at radius 2 is 0.955 bits per heavy atom. The third kappa shape index (κ3) is 2.56. The molecule has 0 saturated heterocycles. The zero-order valence-corrected chi connectivity index (χ0v) is 12.2. The Morgan fingerprint density at radius 3 is 1.41 bits per heavy atom. The van der Waals surface area contributed by atoms with Gasteiger partial charge in [-0.15, -0.1) is 0 Å². The van der Waals surface area contributed by atoms with E-state index in [2.05, 4.69) is 48.5 Å². The van der Waals surface area contributed by atoms with Crippen LogP contribution in [0, 0.1) is 0 Å². The van der Waals surface area contributed by atoms with Crippen molar-refractivity contribution in [3.63, 3.8) is 0 Å². The molecule has 0 N–H and O–H groups in total. The molecule has 3 aromatic rings. The first-order valence-corrected chi connectivity index (χ1v) is 7.45. The van der Waals surface area contributed by atoms with Gasteiger partial charge >= 0.3 is 0 Å². The van der Waals surface area contributed by atoms with E-state index in [1.54, 1.807) is 0 Å². The molecule has 0 amide bonds. The summed E-state index contributed by atoms with van der Waals surface area (Å²) in [5.74, 6) is 1.74. The van der Waals surface area contributed by atoms with Gasteiger partial charge in [0.25, 0.3) is 0 Å². The Balaban J connectivity index is 1.82. The first-order valence-electron chi connectivity index (χ1n) is 7.45. The number of benzene rings is 3. The van der Waals surface area contributed by atoms with Crippen LogP contribution in [0.25, 0.3) is 22.3 Å². The first kappa shape index (κ1) is 13.0. The SMILES string of the molecule is c1cc2cc(c1)-c1ccc(cc1)-c1cccc(c1)OCCO2. The number of hydrogen-bond acceptors (Lipinski definition) is 2. The molecule has 2 nitrogen and oxygen atoms in total. The average Bonchev–Trinajstić information content (AvgIpc) is 2.59. The van der Waals surface area contributed by atoms with Crippen LogP contribution in [0.3, 0.4) is 0 Å². The summed E-state index contributed by atoms with van der Waals surface area (Å²) < 4.78 is 11.6. The molecule has 0 aliphatic carbocycles. The number of fused-ring (bicyclic) bond motifs is 5. The van der Waals surface area contributed by atoms with Gasteiger partial charge in [0.15, 0.2) is 0 Å². The minimum Gasteiger partial charge on any atom is -0.490 e. The highest BCUT2D eigenvalue weighted by Crippen LogP contribution is 2.29. The van der Waals surface area contributed by atoms with Crippen molar-refractivity contribution in [2.75, 3.05) is 13.2 Å². The quantitative estimate of drug-likeness (QED) is 0.592. The van der Waals surface area contributed by atoms with Crippen LogP contribution in [0.5, 0.6) is 11.5 Å². The van der Waals surface area contributed by atoms with Gasteiger partial charge in [0.05, 0.1) is 0 Å². The second-order valence-electron chi connectivity index (χ2n) is 5.33. The predicted octanol–water partition coefficient (Wildman–Crippen LogP) is 4.79. The standard InChI is InChI=1S/C20H16O2/c1-3-17-13-19(5-1)21-11-12-22-20-6-2-4-18(14-20)16-9-7-15(17)8-10-16/h1-10,13-14H,11-12H2. The van der Waals surface area contributed by atoms with Gasteiger partial charge < -0.3 is 9.47 Å². The largest absolute Gasteiger partial charge is 0.490 e. The molecule has 0 spiro atoms. The Labute approximate surface area is 129 Å². The fourth-order valence-corrected chi connectivity index (χ4v) is 2.71. The van der Waals surface area contributed by atoms with E-state index in [1.165, 1.54) is 11.1 Å². The van der Waals surface area contributed by atoms with Crippen LogP contribution in [-0.2, 0) is 0 Å². The summed E-state index contributed by atoms with van der Waals surface area (Å²) in [5, 5.41) is 0. The number of hydrogen-bond donors (Lipinski definition) is 0. The maximum absolute atomic E-state index is 5.78. The lowest BCUT2D eigenvalue weighted by Gasteiger charge is -2.12. The van der Waals surface area contributed by atoms with Crippen molar-refractivity contribution in [3.05, 3.63) is 72.8 Å². The van der Waals surface area contributed by atoms with Gasteiger partial charge in [0.2, 0.25) is 0 Å². The normalized spacial score (nSPS) is 12.9. The molecule has 108 valence electrons. The van der Waals surface area contributed by atoms with Crippen LogP contribution in [-0.4, -0.2) is 13.2 Å². The van der Waals surface area contributed by atoms with Crippen molar-refractivity contribution in [2.45, 2.75) is 0 Å². The minimum atomic E-state index is 0.533. The van der Waals surface area contributed by atoms with Crippen molar-refractivity contribution in [1.82, 2.24) is 0 Å². The topological polar surface area (TPSA) is 18.5 Å². The molecule has 0 saturated carbocycles. The van der Waals surface area contributed by atoms with Crippen molar-refractivity contribution in [3.8, 4) is 33.8 Å². The molecule has 0 aromatic heterocycles. The predicted molar refractivity (Wildman–Crippen MR) is 88.3 cm³/mol. The van der Waals surface area contributed by atoms with Crippen molar-refractivity contribution in [1.29, 1.82) is 0 Å². The van der Waals surface area contributed by atoms with E-state index in [0.717, 1.165) is 22.6 Å². The molecular formula is C20H16O2. The van der Waals surface area contributed by atoms with Gasteiger partial charge in [-0.05, 0) is 46.5 Å². The molecule has 6 bridgehead atoms. The van der Waals surface area contributed by atoms with Crippen LogP contribution in [0.15, 0.2) is 72.8 Å². The lowest BCUT2D eigenvalue weighted by molar-refractivity contribution is 0.217. The van der Waals surface area contributed by atoms with Crippen LogP contribution < -0.4 is 9.47 Å². The van der Waals surface area contributed by atoms with Gasteiger partial charge in [0.1, 0.15) is 24.7 Å². The number of ether oxygens (including phenoxy) is 2. The van der Waals surface area contributed by atoms with Gasteiger partial charge in [-0.25, -0.2) is 0 Å². The molecule has 2 aliphatic rings. The highest BCUT2D eigenvalue weighted by Gasteiger charge is 2.05. The fraction of sp³-hybridized carbons (Fsp3) is 0.100.